The van der Waals surface area contributed by atoms with Crippen molar-refractivity contribution in [3.8, 4) is 0 Å². The second kappa shape index (κ2) is 2.77. The molecule has 0 spiro atoms. The van der Waals surface area contributed by atoms with Gasteiger partial charge < -0.3 is 5.11 Å². The lowest BCUT2D eigenvalue weighted by atomic mass is 9.69. The highest BCUT2D eigenvalue weighted by Crippen LogP contribution is 2.44. The molecule has 5 heteroatoms. The van der Waals surface area contributed by atoms with E-state index >= 15 is 0 Å². The maximum Gasteiger partial charge on any atom is 0.316 e. The first-order valence-corrected chi connectivity index (χ1v) is 5.01. The number of aryl methyl sites for hydroxylation is 1. The van der Waals surface area contributed by atoms with Gasteiger partial charge in [0.1, 0.15) is 15.4 Å². The number of rotatable bonds is 2. The molecule has 1 N–H and O–H groups in total. The number of carboxylic acids is 1. The normalized spacial score (nSPS) is 19.5. The number of aliphatic carboxylic acids is 1. The maximum absolute atomic E-state index is 11.1. The fourth-order valence-corrected chi connectivity index (χ4v) is 2.47. The van der Waals surface area contributed by atoms with E-state index in [0.717, 1.165) is 11.4 Å². The molecule has 2 rings (SSSR count). The van der Waals surface area contributed by atoms with Gasteiger partial charge in [-0.15, -0.1) is 21.5 Å². The van der Waals surface area contributed by atoms with Crippen molar-refractivity contribution < 1.29 is 9.90 Å². The van der Waals surface area contributed by atoms with E-state index in [1.165, 1.54) is 11.3 Å². The summed E-state index contributed by atoms with van der Waals surface area (Å²) in [4.78, 5) is 11.1. The summed E-state index contributed by atoms with van der Waals surface area (Å²) in [6, 6.07) is 0. The van der Waals surface area contributed by atoms with E-state index < -0.39 is 11.4 Å². The zero-order valence-electron chi connectivity index (χ0n) is 7.28. The standard InChI is InChI=1S/C8H10N2O2S/c1-5-9-10-6(13-5)8(7(11)12)3-2-4-8/h2-4H2,1H3,(H,11,12). The Morgan fingerprint density at radius 2 is 2.23 bits per heavy atom. The topological polar surface area (TPSA) is 63.1 Å². The molecule has 13 heavy (non-hydrogen) atoms. The Morgan fingerprint density at radius 3 is 2.54 bits per heavy atom. The Morgan fingerprint density at radius 1 is 1.54 bits per heavy atom. The third kappa shape index (κ3) is 1.14. The fourth-order valence-electron chi connectivity index (χ4n) is 1.54. The van der Waals surface area contributed by atoms with Gasteiger partial charge in [0.15, 0.2) is 0 Å². The van der Waals surface area contributed by atoms with Gasteiger partial charge in [-0.2, -0.15) is 0 Å². The SMILES string of the molecule is Cc1nnc(C2(C(=O)O)CCC2)s1. The van der Waals surface area contributed by atoms with E-state index in [2.05, 4.69) is 10.2 Å². The highest BCUT2D eigenvalue weighted by molar-refractivity contribution is 7.11. The van der Waals surface area contributed by atoms with Gasteiger partial charge in [-0.25, -0.2) is 0 Å². The van der Waals surface area contributed by atoms with Crippen molar-refractivity contribution in [2.75, 3.05) is 0 Å². The van der Waals surface area contributed by atoms with Crippen LogP contribution in [0.1, 0.15) is 29.3 Å². The monoisotopic (exact) mass is 198 g/mol. The van der Waals surface area contributed by atoms with Gasteiger partial charge >= 0.3 is 5.97 Å². The number of hydrogen-bond acceptors (Lipinski definition) is 4. The molecule has 4 nitrogen and oxygen atoms in total. The Kier molecular flexibility index (Phi) is 1.83. The fraction of sp³-hybridized carbons (Fsp3) is 0.625. The Balaban J connectivity index is 2.37. The van der Waals surface area contributed by atoms with Gasteiger partial charge in [0.25, 0.3) is 0 Å². The molecular weight excluding hydrogens is 188 g/mol. The van der Waals surface area contributed by atoms with Crippen molar-refractivity contribution in [1.29, 1.82) is 0 Å². The Labute approximate surface area is 79.6 Å². The summed E-state index contributed by atoms with van der Waals surface area (Å²) in [5, 5.41) is 18.4. The molecule has 0 bridgehead atoms. The molecule has 70 valence electrons. The minimum atomic E-state index is -0.755. The molecule has 0 radical (unpaired) electrons. The van der Waals surface area contributed by atoms with Gasteiger partial charge in [0.2, 0.25) is 0 Å². The summed E-state index contributed by atoms with van der Waals surface area (Å²) in [6.07, 6.45) is 2.39. The largest absolute Gasteiger partial charge is 0.481 e. The molecule has 1 aromatic heterocycles. The number of hydrogen-bond donors (Lipinski definition) is 1. The second-order valence-electron chi connectivity index (χ2n) is 3.37. The van der Waals surface area contributed by atoms with Gasteiger partial charge in [0, 0.05) is 0 Å². The lowest BCUT2D eigenvalue weighted by Gasteiger charge is -2.34. The predicted octanol–water partition coefficient (Wildman–Crippen LogP) is 1.35. The minimum absolute atomic E-state index is 0.670. The van der Waals surface area contributed by atoms with E-state index in [1.54, 1.807) is 0 Å². The van der Waals surface area contributed by atoms with Crippen LogP contribution < -0.4 is 0 Å². The number of carbonyl (C=O) groups is 1. The van der Waals surface area contributed by atoms with Crippen LogP contribution >= 0.6 is 11.3 Å². The summed E-state index contributed by atoms with van der Waals surface area (Å²) in [5.41, 5.74) is -0.702. The van der Waals surface area contributed by atoms with Crippen LogP contribution in [0.25, 0.3) is 0 Å². The molecule has 1 aliphatic rings. The first kappa shape index (κ1) is 8.62. The summed E-state index contributed by atoms with van der Waals surface area (Å²) in [5.74, 6) is -0.755. The zero-order valence-corrected chi connectivity index (χ0v) is 8.10. The molecule has 1 heterocycles. The molecule has 1 aromatic rings. The van der Waals surface area contributed by atoms with Crippen LogP contribution in [-0.4, -0.2) is 21.3 Å². The van der Waals surface area contributed by atoms with E-state index in [9.17, 15) is 4.79 Å². The molecule has 0 aliphatic heterocycles. The van der Waals surface area contributed by atoms with Crippen LogP contribution in [0.2, 0.25) is 0 Å². The molecule has 0 saturated heterocycles. The highest BCUT2D eigenvalue weighted by Gasteiger charge is 2.48. The maximum atomic E-state index is 11.1. The van der Waals surface area contributed by atoms with Crippen LogP contribution in [0.3, 0.4) is 0 Å². The molecule has 0 unspecified atom stereocenters. The van der Waals surface area contributed by atoms with Crippen molar-refractivity contribution in [2.45, 2.75) is 31.6 Å². The lowest BCUT2D eigenvalue weighted by Crippen LogP contribution is -2.42. The molecule has 0 aromatic carbocycles. The number of aromatic nitrogens is 2. The third-order valence-electron chi connectivity index (χ3n) is 2.55. The lowest BCUT2D eigenvalue weighted by molar-refractivity contribution is -0.147. The van der Waals surface area contributed by atoms with Crippen LogP contribution in [0, 0.1) is 6.92 Å². The van der Waals surface area contributed by atoms with Crippen molar-refractivity contribution in [2.24, 2.45) is 0 Å². The average Bonchev–Trinajstić information content (AvgIpc) is 2.32. The summed E-state index contributed by atoms with van der Waals surface area (Å²) in [6.45, 7) is 1.84. The van der Waals surface area contributed by atoms with Gasteiger partial charge in [-0.1, -0.05) is 6.42 Å². The zero-order chi connectivity index (χ0) is 9.47. The van der Waals surface area contributed by atoms with Crippen LogP contribution in [-0.2, 0) is 10.2 Å². The van der Waals surface area contributed by atoms with E-state index in [-0.39, 0.29) is 0 Å². The number of carboxylic acid groups (broad SMARTS) is 1. The van der Waals surface area contributed by atoms with Gasteiger partial charge in [-0.05, 0) is 19.8 Å². The summed E-state index contributed by atoms with van der Waals surface area (Å²) >= 11 is 1.40. The average molecular weight is 198 g/mol. The minimum Gasteiger partial charge on any atom is -0.481 e. The van der Waals surface area contributed by atoms with E-state index in [1.807, 2.05) is 6.92 Å². The molecule has 1 saturated carbocycles. The van der Waals surface area contributed by atoms with Crippen LogP contribution in [0.5, 0.6) is 0 Å². The van der Waals surface area contributed by atoms with Crippen molar-refractivity contribution in [1.82, 2.24) is 10.2 Å². The number of nitrogens with zero attached hydrogens (tertiary/aromatic N) is 2. The molecular formula is C8H10N2O2S. The van der Waals surface area contributed by atoms with Crippen molar-refractivity contribution >= 4 is 17.3 Å². The van der Waals surface area contributed by atoms with Crippen LogP contribution in [0.4, 0.5) is 0 Å². The molecule has 1 fully saturated rings. The predicted molar refractivity (Wildman–Crippen MR) is 47.8 cm³/mol. The molecule has 0 amide bonds. The van der Waals surface area contributed by atoms with E-state index in [4.69, 9.17) is 5.11 Å². The van der Waals surface area contributed by atoms with E-state index in [0.29, 0.717) is 17.8 Å². The molecule has 0 atom stereocenters. The van der Waals surface area contributed by atoms with Crippen molar-refractivity contribution in [3.05, 3.63) is 10.0 Å². The summed E-state index contributed by atoms with van der Waals surface area (Å²) < 4.78 is 0. The first-order valence-electron chi connectivity index (χ1n) is 4.19. The third-order valence-corrected chi connectivity index (χ3v) is 3.59. The quantitative estimate of drug-likeness (QED) is 0.779. The van der Waals surface area contributed by atoms with Crippen molar-refractivity contribution in [3.63, 3.8) is 0 Å². The Bertz CT molecular complexity index is 344. The first-order chi connectivity index (χ1) is 6.15. The summed E-state index contributed by atoms with van der Waals surface area (Å²) in [7, 11) is 0. The Hall–Kier alpha value is -0.970. The molecule has 1 aliphatic carbocycles. The van der Waals surface area contributed by atoms with Crippen LogP contribution in [0.15, 0.2) is 0 Å². The van der Waals surface area contributed by atoms with Gasteiger partial charge in [-0.3, -0.25) is 4.79 Å². The highest BCUT2D eigenvalue weighted by atomic mass is 32.1. The second-order valence-corrected chi connectivity index (χ2v) is 4.55. The van der Waals surface area contributed by atoms with Gasteiger partial charge in [0.05, 0.1) is 0 Å². The smallest absolute Gasteiger partial charge is 0.316 e.